The minimum Gasteiger partial charge on any atom is -0.493 e. The van der Waals surface area contributed by atoms with Gasteiger partial charge in [0.05, 0.1) is 14.2 Å². The van der Waals surface area contributed by atoms with Gasteiger partial charge in [0.25, 0.3) is 0 Å². The highest BCUT2D eigenvalue weighted by molar-refractivity contribution is 6.00. The highest BCUT2D eigenvalue weighted by Gasteiger charge is 2.30. The van der Waals surface area contributed by atoms with Crippen LogP contribution < -0.4 is 9.47 Å². The number of benzene rings is 1. The van der Waals surface area contributed by atoms with Gasteiger partial charge in [-0.05, 0) is 23.6 Å². The summed E-state index contributed by atoms with van der Waals surface area (Å²) >= 11 is 0. The van der Waals surface area contributed by atoms with Crippen molar-refractivity contribution >= 4 is 5.78 Å². The Labute approximate surface area is 108 Å². The van der Waals surface area contributed by atoms with Gasteiger partial charge in [-0.1, -0.05) is 20.8 Å². The van der Waals surface area contributed by atoms with Crippen LogP contribution in [0.3, 0.4) is 0 Å². The molecule has 4 heteroatoms. The SMILES string of the molecule is COc1ccc(C(=O)C(O)C(C)(C)C)cc1OC. The van der Waals surface area contributed by atoms with Crippen molar-refractivity contribution in [1.29, 1.82) is 0 Å². The summed E-state index contributed by atoms with van der Waals surface area (Å²) in [6.07, 6.45) is -1.05. The van der Waals surface area contributed by atoms with Gasteiger partial charge in [-0.2, -0.15) is 0 Å². The molecular formula is C14H20O4. The first-order valence-corrected chi connectivity index (χ1v) is 5.75. The normalized spacial score (nSPS) is 13.0. The number of carbonyl (C=O) groups excluding carboxylic acids is 1. The van der Waals surface area contributed by atoms with E-state index >= 15 is 0 Å². The molecule has 0 bridgehead atoms. The van der Waals surface area contributed by atoms with Gasteiger partial charge in [0.2, 0.25) is 0 Å². The number of aliphatic hydroxyl groups is 1. The number of ketones is 1. The van der Waals surface area contributed by atoms with Gasteiger partial charge < -0.3 is 14.6 Å². The van der Waals surface area contributed by atoms with Crippen molar-refractivity contribution in [3.8, 4) is 11.5 Å². The number of rotatable bonds is 4. The van der Waals surface area contributed by atoms with E-state index < -0.39 is 11.5 Å². The van der Waals surface area contributed by atoms with E-state index in [1.54, 1.807) is 18.2 Å². The fraction of sp³-hybridized carbons (Fsp3) is 0.500. The molecule has 1 rings (SSSR count). The van der Waals surface area contributed by atoms with Crippen LogP contribution in [0.4, 0.5) is 0 Å². The summed E-state index contributed by atoms with van der Waals surface area (Å²) in [7, 11) is 3.04. The molecule has 0 amide bonds. The number of Topliss-reactive ketones (excluding diaryl/α,β-unsaturated/α-hetero) is 1. The van der Waals surface area contributed by atoms with Crippen LogP contribution in [0.2, 0.25) is 0 Å². The average molecular weight is 252 g/mol. The van der Waals surface area contributed by atoms with E-state index in [1.807, 2.05) is 20.8 Å². The lowest BCUT2D eigenvalue weighted by Gasteiger charge is -2.24. The van der Waals surface area contributed by atoms with Crippen molar-refractivity contribution < 1.29 is 19.4 Å². The molecule has 0 fully saturated rings. The molecule has 4 nitrogen and oxygen atoms in total. The van der Waals surface area contributed by atoms with Crippen LogP contribution in [-0.4, -0.2) is 31.2 Å². The molecule has 1 atom stereocenters. The second kappa shape index (κ2) is 5.40. The number of ether oxygens (including phenoxy) is 2. The molecule has 0 spiro atoms. The Morgan fingerprint density at radius 2 is 1.72 bits per heavy atom. The highest BCUT2D eigenvalue weighted by atomic mass is 16.5. The van der Waals surface area contributed by atoms with Crippen molar-refractivity contribution in [2.75, 3.05) is 14.2 Å². The summed E-state index contributed by atoms with van der Waals surface area (Å²) in [6, 6.07) is 4.86. The first kappa shape index (κ1) is 14.5. The smallest absolute Gasteiger partial charge is 0.191 e. The molecule has 0 saturated carbocycles. The van der Waals surface area contributed by atoms with Crippen molar-refractivity contribution in [3.05, 3.63) is 23.8 Å². The Balaban J connectivity index is 3.08. The molecule has 0 aliphatic carbocycles. The average Bonchev–Trinajstić information content (AvgIpc) is 2.34. The van der Waals surface area contributed by atoms with Crippen LogP contribution in [0, 0.1) is 5.41 Å². The number of aliphatic hydroxyl groups excluding tert-OH is 1. The number of methoxy groups -OCH3 is 2. The molecule has 0 heterocycles. The quantitative estimate of drug-likeness (QED) is 0.835. The zero-order chi connectivity index (χ0) is 13.9. The Morgan fingerprint density at radius 3 is 2.17 bits per heavy atom. The standard InChI is InChI=1S/C14H20O4/c1-14(2,3)13(16)12(15)9-6-7-10(17-4)11(8-9)18-5/h6-8,13,16H,1-5H3. The fourth-order valence-corrected chi connectivity index (χ4v) is 1.54. The van der Waals surface area contributed by atoms with Gasteiger partial charge in [0.1, 0.15) is 6.10 Å². The van der Waals surface area contributed by atoms with Crippen molar-refractivity contribution in [2.24, 2.45) is 5.41 Å². The maximum Gasteiger partial charge on any atom is 0.191 e. The zero-order valence-electron chi connectivity index (χ0n) is 11.5. The van der Waals surface area contributed by atoms with Gasteiger partial charge in [-0.15, -0.1) is 0 Å². The van der Waals surface area contributed by atoms with Gasteiger partial charge in [0, 0.05) is 5.56 Å². The summed E-state index contributed by atoms with van der Waals surface area (Å²) in [6.45, 7) is 5.45. The summed E-state index contributed by atoms with van der Waals surface area (Å²) < 4.78 is 10.2. The number of hydrogen-bond donors (Lipinski definition) is 1. The maximum atomic E-state index is 12.1. The molecule has 1 N–H and O–H groups in total. The largest absolute Gasteiger partial charge is 0.493 e. The van der Waals surface area contributed by atoms with E-state index in [1.165, 1.54) is 14.2 Å². The van der Waals surface area contributed by atoms with Crippen molar-refractivity contribution in [2.45, 2.75) is 26.9 Å². The first-order valence-electron chi connectivity index (χ1n) is 5.75. The van der Waals surface area contributed by atoms with E-state index in [9.17, 15) is 9.90 Å². The molecule has 0 aliphatic heterocycles. The third-order valence-corrected chi connectivity index (χ3v) is 2.74. The lowest BCUT2D eigenvalue weighted by Crippen LogP contribution is -2.34. The Morgan fingerprint density at radius 1 is 1.17 bits per heavy atom. The van der Waals surface area contributed by atoms with Gasteiger partial charge >= 0.3 is 0 Å². The van der Waals surface area contributed by atoms with Gasteiger partial charge in [-0.25, -0.2) is 0 Å². The summed E-state index contributed by atoms with van der Waals surface area (Å²) in [5.41, 5.74) is -0.0837. The molecule has 1 unspecified atom stereocenters. The summed E-state index contributed by atoms with van der Waals surface area (Å²) in [5, 5.41) is 9.98. The first-order chi connectivity index (χ1) is 8.31. The van der Waals surface area contributed by atoms with E-state index in [-0.39, 0.29) is 5.78 Å². The third kappa shape index (κ3) is 3.01. The fourth-order valence-electron chi connectivity index (χ4n) is 1.54. The van der Waals surface area contributed by atoms with Crippen LogP contribution in [0.1, 0.15) is 31.1 Å². The number of carbonyl (C=O) groups is 1. The molecule has 18 heavy (non-hydrogen) atoms. The highest BCUT2D eigenvalue weighted by Crippen LogP contribution is 2.30. The lowest BCUT2D eigenvalue weighted by molar-refractivity contribution is 0.0442. The Hall–Kier alpha value is -1.55. The lowest BCUT2D eigenvalue weighted by atomic mass is 9.84. The van der Waals surface area contributed by atoms with Gasteiger partial charge in [0.15, 0.2) is 17.3 Å². The predicted molar refractivity (Wildman–Crippen MR) is 69.3 cm³/mol. The van der Waals surface area contributed by atoms with Crippen molar-refractivity contribution in [3.63, 3.8) is 0 Å². The minimum atomic E-state index is -1.05. The Kier molecular flexibility index (Phi) is 4.35. The van der Waals surface area contributed by atoms with E-state index in [4.69, 9.17) is 9.47 Å². The topological polar surface area (TPSA) is 55.8 Å². The molecule has 0 saturated heterocycles. The van der Waals surface area contributed by atoms with Crippen LogP contribution in [-0.2, 0) is 0 Å². The zero-order valence-corrected chi connectivity index (χ0v) is 11.5. The van der Waals surface area contributed by atoms with Gasteiger partial charge in [-0.3, -0.25) is 4.79 Å². The Bertz CT molecular complexity index is 432. The molecule has 1 aromatic carbocycles. The molecule has 0 radical (unpaired) electrons. The molecule has 1 aromatic rings. The molecule has 100 valence electrons. The predicted octanol–water partition coefficient (Wildman–Crippen LogP) is 2.29. The van der Waals surface area contributed by atoms with Crippen LogP contribution in [0.25, 0.3) is 0 Å². The van der Waals surface area contributed by atoms with E-state index in [0.717, 1.165) is 0 Å². The monoisotopic (exact) mass is 252 g/mol. The second-order valence-corrected chi connectivity index (χ2v) is 5.20. The third-order valence-electron chi connectivity index (χ3n) is 2.74. The minimum absolute atomic E-state index is 0.316. The summed E-state index contributed by atoms with van der Waals surface area (Å²) in [4.78, 5) is 12.1. The van der Waals surface area contributed by atoms with E-state index in [0.29, 0.717) is 17.1 Å². The van der Waals surface area contributed by atoms with Crippen LogP contribution in [0.5, 0.6) is 11.5 Å². The molecule has 0 aliphatic rings. The van der Waals surface area contributed by atoms with Crippen molar-refractivity contribution in [1.82, 2.24) is 0 Å². The summed E-state index contributed by atoms with van der Waals surface area (Å²) in [5.74, 6) is 0.715. The second-order valence-electron chi connectivity index (χ2n) is 5.20. The van der Waals surface area contributed by atoms with E-state index in [2.05, 4.69) is 0 Å². The molecule has 0 aromatic heterocycles. The number of hydrogen-bond acceptors (Lipinski definition) is 4. The van der Waals surface area contributed by atoms with Crippen LogP contribution >= 0.6 is 0 Å². The maximum absolute atomic E-state index is 12.1. The molecular weight excluding hydrogens is 232 g/mol. The van der Waals surface area contributed by atoms with Crippen LogP contribution in [0.15, 0.2) is 18.2 Å².